The van der Waals surface area contributed by atoms with Crippen molar-refractivity contribution in [3.63, 3.8) is 0 Å². The molecule has 0 aromatic heterocycles. The molecule has 0 aliphatic carbocycles. The van der Waals surface area contributed by atoms with Crippen molar-refractivity contribution >= 4 is 25.1 Å². The summed E-state index contributed by atoms with van der Waals surface area (Å²) in [7, 11) is 0. The number of benzene rings is 2. The van der Waals surface area contributed by atoms with Gasteiger partial charge in [-0.1, -0.05) is 0 Å². The molecule has 6 heteroatoms. The van der Waals surface area contributed by atoms with Gasteiger partial charge in [0.2, 0.25) is 0 Å². The number of hydrogen-bond donors (Lipinski definition) is 1. The van der Waals surface area contributed by atoms with E-state index >= 15 is 0 Å². The molecule has 5 nitrogen and oxygen atoms in total. The summed E-state index contributed by atoms with van der Waals surface area (Å²) in [6, 6.07) is 16.7. The van der Waals surface area contributed by atoms with E-state index in [1.54, 1.807) is 12.1 Å². The predicted octanol–water partition coefficient (Wildman–Crippen LogP) is 2.95. The van der Waals surface area contributed by atoms with Gasteiger partial charge in [0.15, 0.2) is 0 Å². The van der Waals surface area contributed by atoms with E-state index in [0.717, 1.165) is 10.0 Å². The van der Waals surface area contributed by atoms with Crippen molar-refractivity contribution in [3.8, 4) is 0 Å². The van der Waals surface area contributed by atoms with Crippen molar-refractivity contribution in [3.05, 3.63) is 70.3 Å². The summed E-state index contributed by atoms with van der Waals surface area (Å²) in [5, 5.41) is 21.5. The standard InChI is InChI=1S/C19H23NO4Se/c1-14(18(21)13-24-12-16-8-4-3-5-9-16)15(2)25-19-11-7-6-10-17(19)20(22)23/h3-11,14-15,18,21H,12-13H2,1-2H3/t14-,15+,18-/m0/s1. The van der Waals surface area contributed by atoms with Crippen molar-refractivity contribution in [2.45, 2.75) is 31.4 Å². The Labute approximate surface area is 154 Å². The second kappa shape index (κ2) is 9.68. The molecule has 0 spiro atoms. The summed E-state index contributed by atoms with van der Waals surface area (Å²) in [5.74, 6) is -0.00409. The van der Waals surface area contributed by atoms with Crippen molar-refractivity contribution in [1.29, 1.82) is 0 Å². The normalized spacial score (nSPS) is 14.7. The van der Waals surface area contributed by atoms with Crippen LogP contribution in [0.25, 0.3) is 0 Å². The molecule has 0 amide bonds. The number of nitrogens with zero attached hydrogens (tertiary/aromatic N) is 1. The van der Waals surface area contributed by atoms with Crippen molar-refractivity contribution in [1.82, 2.24) is 0 Å². The molecule has 2 rings (SSSR count). The summed E-state index contributed by atoms with van der Waals surface area (Å²) in [4.78, 5) is 10.9. The van der Waals surface area contributed by atoms with Crippen molar-refractivity contribution in [2.24, 2.45) is 5.92 Å². The first-order chi connectivity index (χ1) is 12.0. The van der Waals surface area contributed by atoms with Crippen LogP contribution in [0.5, 0.6) is 0 Å². The van der Waals surface area contributed by atoms with Gasteiger partial charge in [-0.05, 0) is 0 Å². The SMILES string of the molecule is C[C@H]([C@@H](O)COCc1ccccc1)[C@@H](C)[Se]c1ccccc1[N+](=O)[O-]. The molecule has 2 aromatic rings. The molecule has 3 atom stereocenters. The fraction of sp³-hybridized carbons (Fsp3) is 0.368. The molecule has 0 saturated heterocycles. The van der Waals surface area contributed by atoms with Gasteiger partial charge in [-0.15, -0.1) is 0 Å². The van der Waals surface area contributed by atoms with Gasteiger partial charge in [0.1, 0.15) is 0 Å². The topological polar surface area (TPSA) is 72.6 Å². The van der Waals surface area contributed by atoms with E-state index in [4.69, 9.17) is 4.74 Å². The van der Waals surface area contributed by atoms with Crippen LogP contribution >= 0.6 is 0 Å². The van der Waals surface area contributed by atoms with Crippen LogP contribution < -0.4 is 4.46 Å². The molecule has 25 heavy (non-hydrogen) atoms. The minimum absolute atomic E-state index is 0.00409. The van der Waals surface area contributed by atoms with E-state index in [-0.39, 0.29) is 42.9 Å². The number of ether oxygens (including phenoxy) is 1. The first-order valence-corrected chi connectivity index (χ1v) is 10.0. The van der Waals surface area contributed by atoms with Crippen LogP contribution in [0.1, 0.15) is 19.4 Å². The quantitative estimate of drug-likeness (QED) is 0.393. The zero-order chi connectivity index (χ0) is 18.2. The van der Waals surface area contributed by atoms with Crippen LogP contribution in [0.2, 0.25) is 4.82 Å². The molecule has 0 aliphatic heterocycles. The molecule has 0 radical (unpaired) electrons. The summed E-state index contributed by atoms with van der Waals surface area (Å²) in [6.07, 6.45) is -0.594. The number of aliphatic hydroxyl groups excluding tert-OH is 1. The summed E-state index contributed by atoms with van der Waals surface area (Å²) in [5.41, 5.74) is 1.23. The number of hydrogen-bond acceptors (Lipinski definition) is 4. The molecule has 0 fully saturated rings. The summed E-state index contributed by atoms with van der Waals surface area (Å²) in [6.45, 7) is 4.72. The van der Waals surface area contributed by atoms with Gasteiger partial charge < -0.3 is 0 Å². The van der Waals surface area contributed by atoms with E-state index in [1.165, 1.54) is 6.07 Å². The van der Waals surface area contributed by atoms with Gasteiger partial charge in [-0.2, -0.15) is 0 Å². The van der Waals surface area contributed by atoms with Crippen LogP contribution in [0.3, 0.4) is 0 Å². The Kier molecular flexibility index (Phi) is 7.59. The third-order valence-corrected chi connectivity index (χ3v) is 7.06. The molecule has 2 aromatic carbocycles. The first-order valence-electron chi connectivity index (χ1n) is 8.19. The van der Waals surface area contributed by atoms with Crippen molar-refractivity contribution in [2.75, 3.05) is 6.61 Å². The maximum absolute atomic E-state index is 11.1. The van der Waals surface area contributed by atoms with E-state index in [0.29, 0.717) is 6.61 Å². The maximum atomic E-state index is 11.1. The van der Waals surface area contributed by atoms with Crippen LogP contribution in [0.4, 0.5) is 5.69 Å². The molecule has 0 saturated carbocycles. The molecule has 134 valence electrons. The average Bonchev–Trinajstić information content (AvgIpc) is 2.62. The molecule has 0 heterocycles. The predicted molar refractivity (Wildman–Crippen MR) is 99.2 cm³/mol. The van der Waals surface area contributed by atoms with E-state index in [1.807, 2.05) is 50.2 Å². The number of para-hydroxylation sites is 1. The van der Waals surface area contributed by atoms with E-state index in [9.17, 15) is 15.2 Å². The first kappa shape index (κ1) is 19.6. The Morgan fingerprint density at radius 2 is 1.76 bits per heavy atom. The minimum atomic E-state index is -0.594. The Hall–Kier alpha value is -1.72. The van der Waals surface area contributed by atoms with Gasteiger partial charge in [0, 0.05) is 0 Å². The van der Waals surface area contributed by atoms with Gasteiger partial charge in [-0.3, -0.25) is 0 Å². The van der Waals surface area contributed by atoms with Crippen molar-refractivity contribution < 1.29 is 14.8 Å². The fourth-order valence-corrected chi connectivity index (χ4v) is 4.91. The van der Waals surface area contributed by atoms with E-state index < -0.39 is 6.10 Å². The number of aliphatic hydroxyl groups is 1. The third kappa shape index (κ3) is 5.94. The number of nitro benzene ring substituents is 1. The number of nitro groups is 1. The molecular weight excluding hydrogens is 385 g/mol. The van der Waals surface area contributed by atoms with Gasteiger partial charge in [0.25, 0.3) is 0 Å². The second-order valence-corrected chi connectivity index (χ2v) is 8.95. The Balaban J connectivity index is 1.86. The zero-order valence-electron chi connectivity index (χ0n) is 14.4. The average molecular weight is 408 g/mol. The van der Waals surface area contributed by atoms with Crippen LogP contribution in [-0.4, -0.2) is 37.7 Å². The Bertz CT molecular complexity index is 680. The summed E-state index contributed by atoms with van der Waals surface area (Å²) >= 11 is -0.0938. The monoisotopic (exact) mass is 409 g/mol. The van der Waals surface area contributed by atoms with Gasteiger partial charge in [-0.25, -0.2) is 0 Å². The van der Waals surface area contributed by atoms with E-state index in [2.05, 4.69) is 0 Å². The van der Waals surface area contributed by atoms with Crippen LogP contribution in [0, 0.1) is 16.0 Å². The van der Waals surface area contributed by atoms with Crippen LogP contribution in [0.15, 0.2) is 54.6 Å². The molecule has 0 aliphatic rings. The van der Waals surface area contributed by atoms with Crippen LogP contribution in [-0.2, 0) is 11.3 Å². The third-order valence-electron chi connectivity index (χ3n) is 4.12. The van der Waals surface area contributed by atoms with Gasteiger partial charge in [0.05, 0.1) is 0 Å². The molecule has 0 bridgehead atoms. The second-order valence-electron chi connectivity index (χ2n) is 5.97. The Morgan fingerprint density at radius 1 is 1.12 bits per heavy atom. The molecular formula is C19H23NO4Se. The van der Waals surface area contributed by atoms with Gasteiger partial charge >= 0.3 is 154 Å². The zero-order valence-corrected chi connectivity index (χ0v) is 16.1. The number of rotatable bonds is 9. The fourth-order valence-electron chi connectivity index (χ4n) is 2.35. The molecule has 0 unspecified atom stereocenters. The molecule has 1 N–H and O–H groups in total. The summed E-state index contributed by atoms with van der Waals surface area (Å²) < 4.78 is 6.37. The Morgan fingerprint density at radius 3 is 2.44 bits per heavy atom.